The molecule has 0 aliphatic heterocycles. The molecule has 1 unspecified atom stereocenters. The third-order valence-electron chi connectivity index (χ3n) is 4.07. The Morgan fingerprint density at radius 1 is 1.25 bits per heavy atom. The molecule has 0 radical (unpaired) electrons. The molecule has 0 aromatic heterocycles. The fraction of sp³-hybridized carbons (Fsp3) is 0.294. The Hall–Kier alpha value is -1.19. The Morgan fingerprint density at radius 2 is 2.05 bits per heavy atom. The van der Waals surface area contributed by atoms with Crippen LogP contribution in [0.3, 0.4) is 0 Å². The molecule has 0 heterocycles. The van der Waals surface area contributed by atoms with Gasteiger partial charge in [0.05, 0.1) is 5.60 Å². The fourth-order valence-electron chi connectivity index (χ4n) is 3.00. The van der Waals surface area contributed by atoms with Crippen molar-refractivity contribution in [2.75, 3.05) is 0 Å². The van der Waals surface area contributed by atoms with Gasteiger partial charge in [0.15, 0.2) is 0 Å². The molecule has 1 nitrogen and oxygen atoms in total. The summed E-state index contributed by atoms with van der Waals surface area (Å²) in [5, 5.41) is 11.0. The summed E-state index contributed by atoms with van der Waals surface area (Å²) in [6.45, 7) is 2.01. The van der Waals surface area contributed by atoms with Gasteiger partial charge in [-0.1, -0.05) is 39.7 Å². The van der Waals surface area contributed by atoms with Crippen molar-refractivity contribution in [1.29, 1.82) is 0 Å². The van der Waals surface area contributed by atoms with Crippen LogP contribution < -0.4 is 0 Å². The van der Waals surface area contributed by atoms with E-state index in [0.29, 0.717) is 18.4 Å². The van der Waals surface area contributed by atoms with Crippen LogP contribution in [0.1, 0.15) is 28.7 Å². The van der Waals surface area contributed by atoms with Gasteiger partial charge < -0.3 is 5.11 Å². The van der Waals surface area contributed by atoms with Crippen molar-refractivity contribution >= 4 is 15.9 Å². The summed E-state index contributed by atoms with van der Waals surface area (Å²) in [7, 11) is 0. The molecule has 1 N–H and O–H groups in total. The second-order valence-corrected chi connectivity index (χ2v) is 6.52. The van der Waals surface area contributed by atoms with Gasteiger partial charge in [0.1, 0.15) is 5.82 Å². The van der Waals surface area contributed by atoms with Crippen LogP contribution in [0.4, 0.5) is 4.39 Å². The number of benzene rings is 2. The average molecular weight is 335 g/mol. The van der Waals surface area contributed by atoms with Crippen LogP contribution in [-0.4, -0.2) is 5.11 Å². The molecule has 3 heteroatoms. The molecule has 2 aromatic carbocycles. The Labute approximate surface area is 126 Å². The molecule has 1 atom stereocenters. The number of fused-ring (bicyclic) bond motifs is 1. The Balaban J connectivity index is 2.00. The predicted octanol–water partition coefficient (Wildman–Crippen LogP) is 4.27. The lowest BCUT2D eigenvalue weighted by atomic mass is 9.88. The molecule has 0 fully saturated rings. The van der Waals surface area contributed by atoms with Crippen molar-refractivity contribution in [3.63, 3.8) is 0 Å². The summed E-state index contributed by atoms with van der Waals surface area (Å²) in [6.07, 6.45) is 1.81. The van der Waals surface area contributed by atoms with E-state index in [1.807, 2.05) is 13.0 Å². The number of hydrogen-bond acceptors (Lipinski definition) is 1. The normalized spacial score (nSPS) is 21.0. The van der Waals surface area contributed by atoms with E-state index in [1.165, 1.54) is 11.6 Å². The summed E-state index contributed by atoms with van der Waals surface area (Å²) < 4.78 is 14.7. The lowest BCUT2D eigenvalue weighted by molar-refractivity contribution is 0.0380. The third-order valence-corrected chi connectivity index (χ3v) is 4.56. The van der Waals surface area contributed by atoms with E-state index in [4.69, 9.17) is 0 Å². The molecule has 2 aromatic rings. The third kappa shape index (κ3) is 2.40. The molecule has 0 spiro atoms. The largest absolute Gasteiger partial charge is 0.385 e. The highest BCUT2D eigenvalue weighted by molar-refractivity contribution is 9.10. The van der Waals surface area contributed by atoms with E-state index >= 15 is 0 Å². The number of hydrogen-bond donors (Lipinski definition) is 1. The highest BCUT2D eigenvalue weighted by Crippen LogP contribution is 2.40. The topological polar surface area (TPSA) is 20.2 Å². The molecule has 1 aliphatic carbocycles. The zero-order chi connectivity index (χ0) is 14.3. The van der Waals surface area contributed by atoms with Crippen molar-refractivity contribution in [1.82, 2.24) is 0 Å². The maximum atomic E-state index is 13.9. The average Bonchev–Trinajstić information content (AvgIpc) is 2.72. The molecule has 0 saturated heterocycles. The lowest BCUT2D eigenvalue weighted by Gasteiger charge is -2.25. The van der Waals surface area contributed by atoms with Crippen LogP contribution in [0.15, 0.2) is 40.9 Å². The smallest absolute Gasteiger partial charge is 0.126 e. The van der Waals surface area contributed by atoms with E-state index in [2.05, 4.69) is 28.1 Å². The molecule has 0 amide bonds. The lowest BCUT2D eigenvalue weighted by Crippen LogP contribution is -2.26. The van der Waals surface area contributed by atoms with Gasteiger partial charge in [-0.25, -0.2) is 4.39 Å². The van der Waals surface area contributed by atoms with Gasteiger partial charge >= 0.3 is 0 Å². The zero-order valence-corrected chi connectivity index (χ0v) is 12.9. The summed E-state index contributed by atoms with van der Waals surface area (Å²) in [5.74, 6) is -0.261. The molecule has 0 saturated carbocycles. The van der Waals surface area contributed by atoms with E-state index in [-0.39, 0.29) is 5.82 Å². The number of halogens is 2. The monoisotopic (exact) mass is 334 g/mol. The van der Waals surface area contributed by atoms with E-state index < -0.39 is 5.60 Å². The number of rotatable bonds is 2. The maximum absolute atomic E-state index is 13.9. The van der Waals surface area contributed by atoms with E-state index in [0.717, 1.165) is 22.0 Å². The van der Waals surface area contributed by atoms with Crippen LogP contribution in [0.2, 0.25) is 0 Å². The van der Waals surface area contributed by atoms with Gasteiger partial charge in [-0.3, -0.25) is 0 Å². The minimum Gasteiger partial charge on any atom is -0.385 e. The SMILES string of the molecule is Cc1ccc2c(c1)C(O)(Cc1cc(Br)ccc1F)CC2. The van der Waals surface area contributed by atoms with E-state index in [1.54, 1.807) is 12.1 Å². The van der Waals surface area contributed by atoms with Crippen molar-refractivity contribution in [2.24, 2.45) is 0 Å². The van der Waals surface area contributed by atoms with Gasteiger partial charge in [0.2, 0.25) is 0 Å². The Bertz CT molecular complexity index is 668. The molecular weight excluding hydrogens is 319 g/mol. The van der Waals surface area contributed by atoms with Crippen LogP contribution in [-0.2, 0) is 18.4 Å². The second-order valence-electron chi connectivity index (χ2n) is 5.60. The van der Waals surface area contributed by atoms with Gasteiger partial charge in [0, 0.05) is 10.9 Å². The first kappa shape index (κ1) is 13.8. The first-order chi connectivity index (χ1) is 9.48. The van der Waals surface area contributed by atoms with Gasteiger partial charge in [0.25, 0.3) is 0 Å². The van der Waals surface area contributed by atoms with E-state index in [9.17, 15) is 9.50 Å². The molecule has 104 valence electrons. The van der Waals surface area contributed by atoms with Gasteiger partial charge in [-0.15, -0.1) is 0 Å². The standard InChI is InChI=1S/C17H16BrFO/c1-11-2-3-12-6-7-17(20,15(12)8-11)10-13-9-14(18)4-5-16(13)19/h2-5,8-9,20H,6-7,10H2,1H3. The van der Waals surface area contributed by atoms with Gasteiger partial charge in [-0.05, 0) is 54.7 Å². The predicted molar refractivity (Wildman–Crippen MR) is 81.2 cm³/mol. The zero-order valence-electron chi connectivity index (χ0n) is 11.3. The van der Waals surface area contributed by atoms with Crippen LogP contribution in [0.5, 0.6) is 0 Å². The Kier molecular flexibility index (Phi) is 3.43. The first-order valence-corrected chi connectivity index (χ1v) is 7.53. The minimum atomic E-state index is -0.955. The van der Waals surface area contributed by atoms with Crippen LogP contribution >= 0.6 is 15.9 Å². The van der Waals surface area contributed by atoms with Gasteiger partial charge in [-0.2, -0.15) is 0 Å². The summed E-state index contributed by atoms with van der Waals surface area (Å²) >= 11 is 3.36. The molecule has 3 rings (SSSR count). The molecular formula is C17H16BrFO. The van der Waals surface area contributed by atoms with Crippen molar-refractivity contribution < 1.29 is 9.50 Å². The minimum absolute atomic E-state index is 0.261. The van der Waals surface area contributed by atoms with Crippen molar-refractivity contribution in [2.45, 2.75) is 31.8 Å². The number of aryl methyl sites for hydroxylation is 2. The quantitative estimate of drug-likeness (QED) is 0.869. The second kappa shape index (κ2) is 4.97. The number of aliphatic hydroxyl groups is 1. The highest BCUT2D eigenvalue weighted by Gasteiger charge is 2.37. The Morgan fingerprint density at radius 3 is 2.85 bits per heavy atom. The van der Waals surface area contributed by atoms with Crippen LogP contribution in [0.25, 0.3) is 0 Å². The van der Waals surface area contributed by atoms with Crippen molar-refractivity contribution in [3.8, 4) is 0 Å². The summed E-state index contributed by atoms with van der Waals surface area (Å²) in [5.41, 5.74) is 2.85. The maximum Gasteiger partial charge on any atom is 0.126 e. The van der Waals surface area contributed by atoms with Crippen LogP contribution in [0, 0.1) is 12.7 Å². The molecule has 20 heavy (non-hydrogen) atoms. The highest BCUT2D eigenvalue weighted by atomic mass is 79.9. The molecule has 0 bridgehead atoms. The first-order valence-electron chi connectivity index (χ1n) is 6.74. The summed E-state index contributed by atoms with van der Waals surface area (Å²) in [4.78, 5) is 0. The van der Waals surface area contributed by atoms with Crippen molar-refractivity contribution in [3.05, 3.63) is 68.9 Å². The fourth-order valence-corrected chi connectivity index (χ4v) is 3.40. The molecule has 1 aliphatic rings. The summed E-state index contributed by atoms with van der Waals surface area (Å²) in [6, 6.07) is 11.0.